The van der Waals surface area contributed by atoms with Crippen molar-refractivity contribution in [1.82, 2.24) is 4.72 Å². The first kappa shape index (κ1) is 16.2. The van der Waals surface area contributed by atoms with Crippen molar-refractivity contribution in [2.45, 2.75) is 17.9 Å². The van der Waals surface area contributed by atoms with Crippen molar-refractivity contribution in [3.63, 3.8) is 0 Å². The van der Waals surface area contributed by atoms with Gasteiger partial charge in [-0.05, 0) is 42.8 Å². The van der Waals surface area contributed by atoms with Crippen LogP contribution < -0.4 is 4.72 Å². The zero-order valence-electron chi connectivity index (χ0n) is 11.0. The van der Waals surface area contributed by atoms with Crippen LogP contribution in [0.3, 0.4) is 0 Å². The van der Waals surface area contributed by atoms with Gasteiger partial charge in [-0.25, -0.2) is 17.5 Å². The molecule has 0 fully saturated rings. The molecular weight excluding hydrogens is 336 g/mol. The Hall–Kier alpha value is -1.14. The first-order valence-electron chi connectivity index (χ1n) is 6.02. The van der Waals surface area contributed by atoms with Crippen LogP contribution in [-0.2, 0) is 10.0 Å². The normalized spacial score (nSPS) is 13.1. The van der Waals surface area contributed by atoms with Gasteiger partial charge in [0.2, 0.25) is 10.0 Å². The van der Waals surface area contributed by atoms with E-state index in [1.807, 2.05) is 0 Å². The second-order valence-electron chi connectivity index (χ2n) is 4.47. The largest absolute Gasteiger partial charge is 0.241 e. The SMILES string of the molecule is C[C@@H](NS(=O)(=O)c1ccc(F)c(Cl)c1)c1cccc(Cl)c1. The first-order chi connectivity index (χ1) is 9.79. The van der Waals surface area contributed by atoms with Crippen LogP contribution in [0.25, 0.3) is 0 Å². The van der Waals surface area contributed by atoms with E-state index in [4.69, 9.17) is 23.2 Å². The number of benzene rings is 2. The van der Waals surface area contributed by atoms with Gasteiger partial charge in [0.1, 0.15) is 5.82 Å². The van der Waals surface area contributed by atoms with Crippen LogP contribution in [0.1, 0.15) is 18.5 Å². The molecule has 0 aliphatic carbocycles. The van der Waals surface area contributed by atoms with Gasteiger partial charge in [0.15, 0.2) is 0 Å². The van der Waals surface area contributed by atoms with Crippen molar-refractivity contribution >= 4 is 33.2 Å². The van der Waals surface area contributed by atoms with Crippen molar-refractivity contribution in [1.29, 1.82) is 0 Å². The Morgan fingerprint density at radius 3 is 2.48 bits per heavy atom. The van der Waals surface area contributed by atoms with E-state index in [1.54, 1.807) is 31.2 Å². The van der Waals surface area contributed by atoms with Crippen LogP contribution in [0.4, 0.5) is 4.39 Å². The van der Waals surface area contributed by atoms with Gasteiger partial charge >= 0.3 is 0 Å². The summed E-state index contributed by atoms with van der Waals surface area (Å²) in [4.78, 5) is -0.0946. The van der Waals surface area contributed by atoms with Crippen LogP contribution in [-0.4, -0.2) is 8.42 Å². The monoisotopic (exact) mass is 347 g/mol. The van der Waals surface area contributed by atoms with E-state index in [1.165, 1.54) is 0 Å². The van der Waals surface area contributed by atoms with Gasteiger partial charge in [-0.3, -0.25) is 0 Å². The van der Waals surface area contributed by atoms with E-state index in [2.05, 4.69) is 4.72 Å². The van der Waals surface area contributed by atoms with E-state index >= 15 is 0 Å². The number of hydrogen-bond donors (Lipinski definition) is 1. The van der Waals surface area contributed by atoms with Crippen LogP contribution in [0.5, 0.6) is 0 Å². The minimum atomic E-state index is -3.80. The third-order valence-corrected chi connectivity index (χ3v) is 4.95. The number of sulfonamides is 1. The highest BCUT2D eigenvalue weighted by Gasteiger charge is 2.19. The highest BCUT2D eigenvalue weighted by atomic mass is 35.5. The molecule has 0 aliphatic rings. The van der Waals surface area contributed by atoms with Crippen molar-refractivity contribution in [3.05, 3.63) is 63.9 Å². The summed E-state index contributed by atoms with van der Waals surface area (Å²) < 4.78 is 40.1. The van der Waals surface area contributed by atoms with Crippen molar-refractivity contribution < 1.29 is 12.8 Å². The molecule has 0 saturated heterocycles. The summed E-state index contributed by atoms with van der Waals surface area (Å²) >= 11 is 11.5. The third kappa shape index (κ3) is 3.95. The smallest absolute Gasteiger partial charge is 0.207 e. The molecule has 3 nitrogen and oxygen atoms in total. The van der Waals surface area contributed by atoms with Gasteiger partial charge in [-0.1, -0.05) is 35.3 Å². The summed E-state index contributed by atoms with van der Waals surface area (Å²) in [5, 5.41) is 0.275. The Kier molecular flexibility index (Phi) is 4.88. The number of hydrogen-bond acceptors (Lipinski definition) is 2. The molecule has 2 rings (SSSR count). The average Bonchev–Trinajstić information content (AvgIpc) is 2.41. The molecular formula is C14H12Cl2FNO2S. The zero-order chi connectivity index (χ0) is 15.6. The molecule has 0 aliphatic heterocycles. The molecule has 0 aromatic heterocycles. The second kappa shape index (κ2) is 6.32. The van der Waals surface area contributed by atoms with Crippen molar-refractivity contribution in [2.75, 3.05) is 0 Å². The zero-order valence-corrected chi connectivity index (χ0v) is 13.3. The summed E-state index contributed by atoms with van der Waals surface area (Å²) in [5.41, 5.74) is 0.722. The number of halogens is 3. The van der Waals surface area contributed by atoms with Gasteiger partial charge in [-0.15, -0.1) is 0 Å². The lowest BCUT2D eigenvalue weighted by molar-refractivity contribution is 0.566. The van der Waals surface area contributed by atoms with Crippen LogP contribution in [0.15, 0.2) is 47.4 Å². The first-order valence-corrected chi connectivity index (χ1v) is 8.26. The lowest BCUT2D eigenvalue weighted by atomic mass is 10.1. The summed E-state index contributed by atoms with van der Waals surface area (Å²) in [6.45, 7) is 1.69. The standard InChI is InChI=1S/C14H12Cl2FNO2S/c1-9(10-3-2-4-11(15)7-10)18-21(19,20)12-5-6-14(17)13(16)8-12/h2-9,18H,1H3/t9-/m1/s1. The molecule has 1 atom stereocenters. The summed E-state index contributed by atoms with van der Waals surface area (Å²) in [5.74, 6) is -0.668. The maximum Gasteiger partial charge on any atom is 0.241 e. The maximum absolute atomic E-state index is 13.1. The Labute approximate surface area is 132 Å². The molecule has 0 amide bonds. The highest BCUT2D eigenvalue weighted by Crippen LogP contribution is 2.22. The van der Waals surface area contributed by atoms with Crippen LogP contribution in [0, 0.1) is 5.82 Å². The van der Waals surface area contributed by atoms with Crippen molar-refractivity contribution in [2.24, 2.45) is 0 Å². The molecule has 0 radical (unpaired) electrons. The molecule has 0 spiro atoms. The van der Waals surface area contributed by atoms with Gasteiger partial charge in [0.05, 0.1) is 9.92 Å². The van der Waals surface area contributed by atoms with Gasteiger partial charge < -0.3 is 0 Å². The molecule has 0 saturated carbocycles. The fraction of sp³-hybridized carbons (Fsp3) is 0.143. The molecule has 0 unspecified atom stereocenters. The Bertz CT molecular complexity index is 765. The lowest BCUT2D eigenvalue weighted by Gasteiger charge is -2.15. The summed E-state index contributed by atoms with van der Waals surface area (Å²) in [6, 6.07) is 9.63. The van der Waals surface area contributed by atoms with Crippen LogP contribution >= 0.6 is 23.2 Å². The van der Waals surface area contributed by atoms with Gasteiger partial charge in [-0.2, -0.15) is 0 Å². The van der Waals surface area contributed by atoms with E-state index < -0.39 is 21.9 Å². The fourth-order valence-electron chi connectivity index (χ4n) is 1.79. The number of nitrogens with one attached hydrogen (secondary N) is 1. The molecule has 21 heavy (non-hydrogen) atoms. The van der Waals surface area contributed by atoms with E-state index in [9.17, 15) is 12.8 Å². The minimum Gasteiger partial charge on any atom is -0.207 e. The Morgan fingerprint density at radius 1 is 1.14 bits per heavy atom. The highest BCUT2D eigenvalue weighted by molar-refractivity contribution is 7.89. The van der Waals surface area contributed by atoms with Crippen molar-refractivity contribution in [3.8, 4) is 0 Å². The van der Waals surface area contributed by atoms with E-state index in [-0.39, 0.29) is 9.92 Å². The summed E-state index contributed by atoms with van der Waals surface area (Å²) in [6.07, 6.45) is 0. The Morgan fingerprint density at radius 2 is 1.86 bits per heavy atom. The summed E-state index contributed by atoms with van der Waals surface area (Å²) in [7, 11) is -3.80. The second-order valence-corrected chi connectivity index (χ2v) is 7.03. The van der Waals surface area contributed by atoms with E-state index in [0.29, 0.717) is 5.02 Å². The predicted octanol–water partition coefficient (Wildman–Crippen LogP) is 4.17. The predicted molar refractivity (Wildman–Crippen MR) is 81.6 cm³/mol. The lowest BCUT2D eigenvalue weighted by Crippen LogP contribution is -2.26. The Balaban J connectivity index is 2.26. The molecule has 112 valence electrons. The van der Waals surface area contributed by atoms with Gasteiger partial charge in [0, 0.05) is 11.1 Å². The van der Waals surface area contributed by atoms with Gasteiger partial charge in [0.25, 0.3) is 0 Å². The maximum atomic E-state index is 13.1. The topological polar surface area (TPSA) is 46.2 Å². The third-order valence-electron chi connectivity index (χ3n) is 2.88. The molecule has 2 aromatic carbocycles. The molecule has 0 bridgehead atoms. The average molecular weight is 348 g/mol. The molecule has 0 heterocycles. The molecule has 7 heteroatoms. The van der Waals surface area contributed by atoms with E-state index in [0.717, 1.165) is 23.8 Å². The quantitative estimate of drug-likeness (QED) is 0.901. The minimum absolute atomic E-state index is 0.0946. The fourth-order valence-corrected chi connectivity index (χ4v) is 3.49. The molecule has 1 N–H and O–H groups in total. The van der Waals surface area contributed by atoms with Crippen LogP contribution in [0.2, 0.25) is 10.0 Å². The number of rotatable bonds is 4. The molecule has 2 aromatic rings.